The molecule has 3 aromatic heterocycles. The standard InChI is InChI=1S/C25H26ClN3O3S.C15H19N3O3S/c1-15(12-18-4-7-20(26)8-5-18)25-27-22-13-19(24-16(2)28-32-17(24)3)6-9-23(22)29(25)21-10-11-33(30,31)14-21;1-9-15(10(2)21-18-9)11-3-4-14(13(16)7-11)17-12-5-6-22(19,20)8-12/h4-9,13,15,21H,10-12,14H2,1-3H3;3-4,7,12,17H,5-6,8,16H2,1-2H3/t15-,21-;12-/m11/s1. The quantitative estimate of drug-likeness (QED) is 0.144. The molecule has 3 N–H and O–H groups in total. The van der Waals surface area contributed by atoms with Crippen LogP contribution in [0.1, 0.15) is 66.0 Å². The molecule has 6 aromatic rings. The first-order chi connectivity index (χ1) is 26.1. The fourth-order valence-corrected chi connectivity index (χ4v) is 11.3. The summed E-state index contributed by atoms with van der Waals surface area (Å²) < 4.78 is 60.3. The molecular weight excluding hydrogens is 760 g/mol. The van der Waals surface area contributed by atoms with Crippen molar-refractivity contribution in [2.45, 2.75) is 71.9 Å². The van der Waals surface area contributed by atoms with Crippen LogP contribution in [0.4, 0.5) is 11.4 Å². The van der Waals surface area contributed by atoms with E-state index in [1.165, 1.54) is 5.56 Å². The van der Waals surface area contributed by atoms with Gasteiger partial charge in [-0.2, -0.15) is 0 Å². The van der Waals surface area contributed by atoms with E-state index in [1.54, 1.807) is 0 Å². The van der Waals surface area contributed by atoms with Crippen LogP contribution in [0.3, 0.4) is 0 Å². The summed E-state index contributed by atoms with van der Waals surface area (Å²) >= 11 is 6.05. The molecule has 0 spiro atoms. The van der Waals surface area contributed by atoms with Crippen LogP contribution in [0, 0.1) is 27.7 Å². The van der Waals surface area contributed by atoms with Gasteiger partial charge in [0.25, 0.3) is 0 Å². The van der Waals surface area contributed by atoms with Crippen molar-refractivity contribution in [1.29, 1.82) is 0 Å². The van der Waals surface area contributed by atoms with E-state index in [4.69, 9.17) is 31.4 Å². The molecule has 290 valence electrons. The largest absolute Gasteiger partial charge is 0.397 e. The molecule has 2 aliphatic rings. The number of nitrogen functional groups attached to an aromatic ring is 1. The van der Waals surface area contributed by atoms with Crippen LogP contribution < -0.4 is 11.1 Å². The summed E-state index contributed by atoms with van der Waals surface area (Å²) in [5.41, 5.74) is 16.0. The minimum Gasteiger partial charge on any atom is -0.397 e. The summed E-state index contributed by atoms with van der Waals surface area (Å²) in [7, 11) is -5.94. The molecule has 2 fully saturated rings. The summed E-state index contributed by atoms with van der Waals surface area (Å²) in [5.74, 6) is 3.32. The van der Waals surface area contributed by atoms with Crippen molar-refractivity contribution in [3.8, 4) is 22.3 Å². The number of fused-ring (bicyclic) bond motifs is 1. The molecule has 0 unspecified atom stereocenters. The van der Waals surface area contributed by atoms with Crippen molar-refractivity contribution in [3.63, 3.8) is 0 Å². The first kappa shape index (κ1) is 38.6. The molecule has 8 rings (SSSR count). The predicted molar refractivity (Wildman–Crippen MR) is 217 cm³/mol. The lowest BCUT2D eigenvalue weighted by Gasteiger charge is -2.19. The second-order valence-electron chi connectivity index (χ2n) is 14.8. The first-order valence-electron chi connectivity index (χ1n) is 18.3. The number of imidazole rings is 1. The van der Waals surface area contributed by atoms with Crippen molar-refractivity contribution in [3.05, 3.63) is 100.0 Å². The number of hydrogen-bond donors (Lipinski definition) is 2. The fraction of sp³-hybridized carbons (Fsp3) is 0.375. The lowest BCUT2D eigenvalue weighted by Crippen LogP contribution is -2.21. The number of aryl methyl sites for hydroxylation is 4. The molecule has 3 aromatic carbocycles. The number of hydrogen-bond acceptors (Lipinski definition) is 11. The van der Waals surface area contributed by atoms with Crippen LogP contribution in [0.25, 0.3) is 33.3 Å². The topological polar surface area (TPSA) is 176 Å². The molecule has 0 aliphatic carbocycles. The van der Waals surface area contributed by atoms with Gasteiger partial charge in [-0.25, -0.2) is 21.8 Å². The molecule has 0 radical (unpaired) electrons. The van der Waals surface area contributed by atoms with E-state index >= 15 is 0 Å². The second kappa shape index (κ2) is 15.1. The molecule has 5 heterocycles. The molecule has 15 heteroatoms. The average molecular weight is 805 g/mol. The molecule has 0 saturated carbocycles. The van der Waals surface area contributed by atoms with Gasteiger partial charge in [0.05, 0.1) is 62.8 Å². The Balaban J connectivity index is 0.000000184. The maximum atomic E-state index is 12.3. The van der Waals surface area contributed by atoms with E-state index < -0.39 is 19.7 Å². The Morgan fingerprint density at radius 3 is 1.98 bits per heavy atom. The number of nitrogens with one attached hydrogen (secondary N) is 1. The smallest absolute Gasteiger partial charge is 0.152 e. The molecule has 55 heavy (non-hydrogen) atoms. The lowest BCUT2D eigenvalue weighted by atomic mass is 10.00. The van der Waals surface area contributed by atoms with Gasteiger partial charge in [0.15, 0.2) is 19.7 Å². The zero-order chi connectivity index (χ0) is 39.2. The highest BCUT2D eigenvalue weighted by atomic mass is 35.5. The number of rotatable bonds is 8. The molecule has 2 aliphatic heterocycles. The van der Waals surface area contributed by atoms with Gasteiger partial charge in [0, 0.05) is 28.1 Å². The third kappa shape index (κ3) is 8.31. The maximum absolute atomic E-state index is 12.3. The van der Waals surface area contributed by atoms with Gasteiger partial charge < -0.3 is 24.7 Å². The van der Waals surface area contributed by atoms with Gasteiger partial charge in [-0.15, -0.1) is 0 Å². The number of nitrogens with two attached hydrogens (primary N) is 1. The Morgan fingerprint density at radius 1 is 0.836 bits per heavy atom. The van der Waals surface area contributed by atoms with Crippen LogP contribution in [0.15, 0.2) is 69.7 Å². The lowest BCUT2D eigenvalue weighted by molar-refractivity contribution is 0.393. The highest BCUT2D eigenvalue weighted by molar-refractivity contribution is 7.91. The minimum absolute atomic E-state index is 0.0720. The monoisotopic (exact) mass is 804 g/mol. The number of nitrogens with zero attached hydrogens (tertiary/aromatic N) is 4. The average Bonchev–Trinajstić information content (AvgIpc) is 3.94. The van der Waals surface area contributed by atoms with Crippen molar-refractivity contribution in [2.24, 2.45) is 0 Å². The molecular formula is C40H45ClN6O6S2. The number of benzene rings is 3. The third-order valence-corrected chi connectivity index (χ3v) is 14.2. The third-order valence-electron chi connectivity index (χ3n) is 10.5. The van der Waals surface area contributed by atoms with E-state index in [0.29, 0.717) is 23.6 Å². The summed E-state index contributed by atoms with van der Waals surface area (Å²) in [6.45, 7) is 9.72. The zero-order valence-corrected chi connectivity index (χ0v) is 33.9. The Morgan fingerprint density at radius 2 is 1.44 bits per heavy atom. The Labute approximate surface area is 326 Å². The zero-order valence-electron chi connectivity index (χ0n) is 31.5. The number of sulfone groups is 2. The normalized spacial score (nSPS) is 19.3. The summed E-state index contributed by atoms with van der Waals surface area (Å²) in [5, 5.41) is 12.0. The van der Waals surface area contributed by atoms with Crippen molar-refractivity contribution >= 4 is 53.7 Å². The van der Waals surface area contributed by atoms with Crippen LogP contribution >= 0.6 is 11.6 Å². The summed E-state index contributed by atoms with van der Waals surface area (Å²) in [6, 6.07) is 19.5. The van der Waals surface area contributed by atoms with Gasteiger partial charge in [-0.05, 0) is 100 Å². The summed E-state index contributed by atoms with van der Waals surface area (Å²) in [4.78, 5) is 5.04. The van der Waals surface area contributed by atoms with E-state index in [2.05, 4.69) is 33.2 Å². The van der Waals surface area contributed by atoms with E-state index in [1.807, 2.05) is 82.3 Å². The SMILES string of the molecule is Cc1noc(C)c1-c1ccc(N[C@@H]2CCS(=O)(=O)C2)c(N)c1.Cc1noc(C)c1-c1ccc2c(c1)nc([C@H](C)Cc1ccc(Cl)cc1)n2[C@@H]1CCS(=O)(=O)C1. The number of halogens is 1. The maximum Gasteiger partial charge on any atom is 0.152 e. The Kier molecular flexibility index (Phi) is 10.6. The van der Waals surface area contributed by atoms with E-state index in [9.17, 15) is 16.8 Å². The van der Waals surface area contributed by atoms with Gasteiger partial charge in [-0.1, -0.05) is 53.1 Å². The highest BCUT2D eigenvalue weighted by Gasteiger charge is 2.33. The number of aromatic nitrogens is 4. The molecule has 0 bridgehead atoms. The van der Waals surface area contributed by atoms with Gasteiger partial charge in [0.2, 0.25) is 0 Å². The van der Waals surface area contributed by atoms with Gasteiger partial charge in [-0.3, -0.25) is 0 Å². The molecule has 12 nitrogen and oxygen atoms in total. The number of anilines is 2. The van der Waals surface area contributed by atoms with Crippen molar-refractivity contribution < 1.29 is 25.9 Å². The van der Waals surface area contributed by atoms with Crippen molar-refractivity contribution in [1.82, 2.24) is 19.9 Å². The van der Waals surface area contributed by atoms with Gasteiger partial charge in [0.1, 0.15) is 17.3 Å². The van der Waals surface area contributed by atoms with Crippen LogP contribution in [-0.4, -0.2) is 65.8 Å². The predicted octanol–water partition coefficient (Wildman–Crippen LogP) is 7.81. The fourth-order valence-electron chi connectivity index (χ4n) is 7.82. The Hall–Kier alpha value is -4.66. The Bertz CT molecular complexity index is 2560. The molecule has 0 amide bonds. The van der Waals surface area contributed by atoms with Crippen molar-refractivity contribution in [2.75, 3.05) is 34.1 Å². The molecule has 3 atom stereocenters. The van der Waals surface area contributed by atoms with Crippen LogP contribution in [-0.2, 0) is 26.1 Å². The van der Waals surface area contributed by atoms with E-state index in [0.717, 1.165) is 74.1 Å². The van der Waals surface area contributed by atoms with Crippen LogP contribution in [0.5, 0.6) is 0 Å². The first-order valence-corrected chi connectivity index (χ1v) is 22.3. The second-order valence-corrected chi connectivity index (χ2v) is 19.7. The van der Waals surface area contributed by atoms with E-state index in [-0.39, 0.29) is 41.0 Å². The highest BCUT2D eigenvalue weighted by Crippen LogP contribution is 2.37. The van der Waals surface area contributed by atoms with Crippen LogP contribution in [0.2, 0.25) is 5.02 Å². The van der Waals surface area contributed by atoms with Gasteiger partial charge >= 0.3 is 0 Å². The minimum atomic E-state index is -3.04. The summed E-state index contributed by atoms with van der Waals surface area (Å²) in [6.07, 6.45) is 2.02. The molecule has 2 saturated heterocycles.